The maximum Gasteiger partial charge on any atom is 0.227 e. The second-order valence-corrected chi connectivity index (χ2v) is 6.85. The number of aliphatic hydroxyl groups is 1. The Morgan fingerprint density at radius 1 is 1.48 bits per heavy atom. The van der Waals surface area contributed by atoms with Crippen molar-refractivity contribution in [2.45, 2.75) is 64.0 Å². The monoisotopic (exact) mass is 347 g/mol. The van der Waals surface area contributed by atoms with E-state index in [9.17, 15) is 9.90 Å². The van der Waals surface area contributed by atoms with Crippen LogP contribution in [0.15, 0.2) is 27.3 Å². The van der Waals surface area contributed by atoms with Gasteiger partial charge in [-0.25, -0.2) is 0 Å². The van der Waals surface area contributed by atoms with Gasteiger partial charge in [-0.15, -0.1) is 0 Å². The van der Waals surface area contributed by atoms with Crippen LogP contribution in [-0.4, -0.2) is 38.6 Å². The highest BCUT2D eigenvalue weighted by molar-refractivity contribution is 5.77. The Hall–Kier alpha value is -2.15. The molecule has 2 atom stereocenters. The average Bonchev–Trinajstić information content (AvgIpc) is 3.32. The van der Waals surface area contributed by atoms with E-state index in [1.807, 2.05) is 18.7 Å². The summed E-state index contributed by atoms with van der Waals surface area (Å²) in [7, 11) is 0. The van der Waals surface area contributed by atoms with Crippen molar-refractivity contribution in [3.05, 3.63) is 35.9 Å². The van der Waals surface area contributed by atoms with Crippen LogP contribution in [0.3, 0.4) is 0 Å². The first-order chi connectivity index (χ1) is 12.0. The first kappa shape index (κ1) is 17.7. The van der Waals surface area contributed by atoms with Gasteiger partial charge in [-0.1, -0.05) is 19.0 Å². The first-order valence-electron chi connectivity index (χ1n) is 8.88. The fourth-order valence-electron chi connectivity index (χ4n) is 3.23. The molecular weight excluding hydrogens is 322 g/mol. The Morgan fingerprint density at radius 3 is 3.00 bits per heavy atom. The summed E-state index contributed by atoms with van der Waals surface area (Å²) < 4.78 is 10.4. The second-order valence-electron chi connectivity index (χ2n) is 6.85. The van der Waals surface area contributed by atoms with E-state index in [0.29, 0.717) is 36.7 Å². The molecule has 3 rings (SSSR count). The van der Waals surface area contributed by atoms with Crippen molar-refractivity contribution >= 4 is 5.91 Å². The van der Waals surface area contributed by atoms with E-state index in [4.69, 9.17) is 8.94 Å². The number of hydrogen-bond donors (Lipinski definition) is 1. The van der Waals surface area contributed by atoms with E-state index >= 15 is 0 Å². The van der Waals surface area contributed by atoms with Gasteiger partial charge in [0.2, 0.25) is 11.8 Å². The van der Waals surface area contributed by atoms with E-state index in [0.717, 1.165) is 19.4 Å². The van der Waals surface area contributed by atoms with Gasteiger partial charge in [0.15, 0.2) is 5.82 Å². The van der Waals surface area contributed by atoms with Gasteiger partial charge in [0.05, 0.1) is 6.26 Å². The minimum Gasteiger partial charge on any atom is -0.467 e. The molecule has 1 saturated heterocycles. The fraction of sp³-hybridized carbons (Fsp3) is 0.611. The minimum atomic E-state index is -0.682. The zero-order valence-electron chi connectivity index (χ0n) is 14.7. The van der Waals surface area contributed by atoms with Crippen molar-refractivity contribution in [3.8, 4) is 0 Å². The lowest BCUT2D eigenvalue weighted by Crippen LogP contribution is -2.36. The normalized spacial score (nSPS) is 18.9. The van der Waals surface area contributed by atoms with Crippen LogP contribution in [0.2, 0.25) is 0 Å². The van der Waals surface area contributed by atoms with E-state index < -0.39 is 6.10 Å². The van der Waals surface area contributed by atoms with Crippen LogP contribution < -0.4 is 0 Å². The van der Waals surface area contributed by atoms with E-state index in [-0.39, 0.29) is 17.9 Å². The number of likely N-dealkylation sites (tertiary alicyclic amines) is 1. The highest BCUT2D eigenvalue weighted by Gasteiger charge is 2.31. The summed E-state index contributed by atoms with van der Waals surface area (Å²) in [4.78, 5) is 18.7. The molecule has 0 aromatic carbocycles. The number of carbonyl (C=O) groups is 1. The molecule has 7 nitrogen and oxygen atoms in total. The lowest BCUT2D eigenvalue weighted by Gasteiger charge is -2.26. The summed E-state index contributed by atoms with van der Waals surface area (Å²) in [6.45, 7) is 4.73. The standard InChI is InChI=1S/C18H25N3O4/c1-12(2)18-19-16(25-20-18)7-8-17(23)21-9-3-5-13(21)11-14(22)15-6-4-10-24-15/h4,6,10,12-14,22H,3,5,7-9,11H2,1-2H3. The van der Waals surface area contributed by atoms with Crippen LogP contribution in [0.25, 0.3) is 0 Å². The van der Waals surface area contributed by atoms with Gasteiger partial charge in [0.25, 0.3) is 0 Å². The lowest BCUT2D eigenvalue weighted by molar-refractivity contribution is -0.132. The molecule has 1 amide bonds. The molecule has 0 radical (unpaired) electrons. The summed E-state index contributed by atoms with van der Waals surface area (Å²) in [6, 6.07) is 3.56. The molecule has 3 heterocycles. The van der Waals surface area contributed by atoms with E-state index in [1.54, 1.807) is 18.4 Å². The molecule has 2 aromatic heterocycles. The Labute approximate surface area is 147 Å². The van der Waals surface area contributed by atoms with Crippen LogP contribution >= 0.6 is 0 Å². The van der Waals surface area contributed by atoms with Gasteiger partial charge < -0.3 is 18.9 Å². The summed E-state index contributed by atoms with van der Waals surface area (Å²) in [6.07, 6.45) is 4.01. The Balaban J connectivity index is 1.53. The summed E-state index contributed by atoms with van der Waals surface area (Å²) in [5.41, 5.74) is 0. The third-order valence-electron chi connectivity index (χ3n) is 4.62. The summed E-state index contributed by atoms with van der Waals surface area (Å²) in [5.74, 6) is 2.00. The molecule has 7 heteroatoms. The van der Waals surface area contributed by atoms with Crippen molar-refractivity contribution < 1.29 is 18.8 Å². The first-order valence-corrected chi connectivity index (χ1v) is 8.88. The number of amides is 1. The average molecular weight is 347 g/mol. The molecule has 2 aromatic rings. The predicted molar refractivity (Wildman–Crippen MR) is 89.7 cm³/mol. The Morgan fingerprint density at radius 2 is 2.32 bits per heavy atom. The van der Waals surface area contributed by atoms with Crippen LogP contribution in [0.4, 0.5) is 0 Å². The van der Waals surface area contributed by atoms with E-state index in [2.05, 4.69) is 10.1 Å². The van der Waals surface area contributed by atoms with Crippen molar-refractivity contribution in [1.82, 2.24) is 15.0 Å². The number of aliphatic hydroxyl groups excluding tert-OH is 1. The SMILES string of the molecule is CC(C)c1noc(CCC(=O)N2CCCC2CC(O)c2ccco2)n1. The molecule has 2 unspecified atom stereocenters. The van der Waals surface area contributed by atoms with Gasteiger partial charge in [-0.3, -0.25) is 4.79 Å². The van der Waals surface area contributed by atoms with Crippen molar-refractivity contribution in [2.24, 2.45) is 0 Å². The zero-order valence-corrected chi connectivity index (χ0v) is 14.7. The minimum absolute atomic E-state index is 0.0431. The zero-order chi connectivity index (χ0) is 17.8. The third-order valence-corrected chi connectivity index (χ3v) is 4.62. The maximum atomic E-state index is 12.6. The van der Waals surface area contributed by atoms with Crippen molar-refractivity contribution in [3.63, 3.8) is 0 Å². The molecule has 25 heavy (non-hydrogen) atoms. The molecular formula is C18H25N3O4. The molecule has 1 N–H and O–H groups in total. The van der Waals surface area contributed by atoms with Crippen LogP contribution in [0.1, 0.15) is 69.0 Å². The van der Waals surface area contributed by atoms with Crippen LogP contribution in [0, 0.1) is 0 Å². The van der Waals surface area contributed by atoms with Crippen LogP contribution in [0.5, 0.6) is 0 Å². The van der Waals surface area contributed by atoms with Crippen LogP contribution in [-0.2, 0) is 11.2 Å². The number of aromatic nitrogens is 2. The molecule has 1 aliphatic heterocycles. The highest BCUT2D eigenvalue weighted by Crippen LogP contribution is 2.28. The molecule has 1 fully saturated rings. The summed E-state index contributed by atoms with van der Waals surface area (Å²) >= 11 is 0. The molecule has 0 aliphatic carbocycles. The maximum absolute atomic E-state index is 12.6. The molecule has 1 aliphatic rings. The number of rotatable bonds is 7. The third kappa shape index (κ3) is 4.28. The van der Waals surface area contributed by atoms with Gasteiger partial charge in [-0.05, 0) is 25.0 Å². The number of carbonyl (C=O) groups excluding carboxylic acids is 1. The number of furan rings is 1. The van der Waals surface area contributed by atoms with Gasteiger partial charge in [0.1, 0.15) is 11.9 Å². The smallest absolute Gasteiger partial charge is 0.227 e. The Bertz CT molecular complexity index is 680. The lowest BCUT2D eigenvalue weighted by atomic mass is 10.0. The fourth-order valence-corrected chi connectivity index (χ4v) is 3.23. The number of hydrogen-bond acceptors (Lipinski definition) is 6. The van der Waals surface area contributed by atoms with E-state index in [1.165, 1.54) is 0 Å². The Kier molecular flexibility index (Phi) is 5.53. The predicted octanol–water partition coefficient (Wildman–Crippen LogP) is 2.83. The molecule has 0 spiro atoms. The number of aryl methyl sites for hydroxylation is 1. The van der Waals surface area contributed by atoms with Gasteiger partial charge in [0, 0.05) is 37.8 Å². The molecule has 0 saturated carbocycles. The van der Waals surface area contributed by atoms with Gasteiger partial charge in [-0.2, -0.15) is 4.98 Å². The molecule has 136 valence electrons. The highest BCUT2D eigenvalue weighted by atomic mass is 16.5. The van der Waals surface area contributed by atoms with Crippen molar-refractivity contribution in [2.75, 3.05) is 6.54 Å². The largest absolute Gasteiger partial charge is 0.467 e. The topological polar surface area (TPSA) is 92.6 Å². The number of nitrogens with zero attached hydrogens (tertiary/aromatic N) is 3. The van der Waals surface area contributed by atoms with Gasteiger partial charge >= 0.3 is 0 Å². The second kappa shape index (κ2) is 7.82. The quantitative estimate of drug-likeness (QED) is 0.828. The van der Waals surface area contributed by atoms with Crippen molar-refractivity contribution in [1.29, 1.82) is 0 Å². The summed E-state index contributed by atoms with van der Waals surface area (Å²) in [5, 5.41) is 14.2. The molecule has 0 bridgehead atoms.